The molecule has 5 N–H and O–H groups in total. The average molecular weight is 500 g/mol. The summed E-state index contributed by atoms with van der Waals surface area (Å²) < 4.78 is 23.7. The van der Waals surface area contributed by atoms with Crippen molar-refractivity contribution in [3.8, 4) is 0 Å². The molecule has 1 aliphatic heterocycles. The van der Waals surface area contributed by atoms with E-state index in [4.69, 9.17) is 18.9 Å². The number of hydrogen-bond acceptors (Lipinski definition) is 10. The number of nitrogens with zero attached hydrogens (tertiary/aromatic N) is 1. The first kappa shape index (κ1) is 24.9. The Kier molecular flexibility index (Phi) is 5.40. The van der Waals surface area contributed by atoms with Gasteiger partial charge in [0.15, 0.2) is 0 Å². The lowest BCUT2D eigenvalue weighted by Crippen LogP contribution is -2.81. The van der Waals surface area contributed by atoms with Gasteiger partial charge in [0.2, 0.25) is 0 Å². The summed E-state index contributed by atoms with van der Waals surface area (Å²) in [7, 11) is 6.29. The summed E-state index contributed by atoms with van der Waals surface area (Å²) in [6, 6.07) is -0.240. The van der Waals surface area contributed by atoms with Gasteiger partial charge in [0, 0.05) is 76.0 Å². The van der Waals surface area contributed by atoms with Gasteiger partial charge in [-0.2, -0.15) is 0 Å². The van der Waals surface area contributed by atoms with Gasteiger partial charge < -0.3 is 44.5 Å². The molecule has 1 heterocycles. The molecule has 0 amide bonds. The fourth-order valence-electron chi connectivity index (χ4n) is 11.0. The lowest BCUT2D eigenvalue weighted by atomic mass is 9.42. The van der Waals surface area contributed by atoms with Crippen LogP contribution in [0.1, 0.15) is 19.8 Å². The molecule has 1 spiro atoms. The van der Waals surface area contributed by atoms with Crippen molar-refractivity contribution >= 4 is 0 Å². The van der Waals surface area contributed by atoms with Crippen molar-refractivity contribution in [1.29, 1.82) is 0 Å². The number of ether oxygens (including phenoxy) is 4. The minimum absolute atomic E-state index is 0.156. The van der Waals surface area contributed by atoms with Crippen molar-refractivity contribution < 1.29 is 44.5 Å². The Morgan fingerprint density at radius 3 is 2.23 bits per heavy atom. The third kappa shape index (κ3) is 2.35. The zero-order valence-corrected chi connectivity index (χ0v) is 21.2. The number of aliphatic hydroxyl groups excluding tert-OH is 3. The smallest absolute Gasteiger partial charge is 0.120 e. The number of piperidine rings is 1. The first-order chi connectivity index (χ1) is 16.6. The summed E-state index contributed by atoms with van der Waals surface area (Å²) in [5, 5.41) is 59.3. The van der Waals surface area contributed by atoms with Gasteiger partial charge in [-0.15, -0.1) is 0 Å². The summed E-state index contributed by atoms with van der Waals surface area (Å²) >= 11 is 0. The Balaban J connectivity index is 1.68. The standard InChI is InChI=1S/C25H41NO9/c1-6-26-9-22(10-32-2)12(27)7-13(33-3)24-11-8-23(30)19(28)14(11)25(31,20(29)21(23)35-5)15(18(24)26)16(34-4)17(22)24/h11-21,27-31H,6-10H2,1-5H3/t11-,12-,13-,14-,15+,16+,17-,18?,19-,20+,21+,22+,23-,24+,25-/m1/s1. The molecule has 7 bridgehead atoms. The minimum Gasteiger partial charge on any atom is -0.392 e. The molecule has 15 atom stereocenters. The van der Waals surface area contributed by atoms with Crippen LogP contribution in [-0.4, -0.2) is 132 Å². The van der Waals surface area contributed by atoms with Crippen LogP contribution in [-0.2, 0) is 18.9 Å². The van der Waals surface area contributed by atoms with E-state index >= 15 is 0 Å². The number of methoxy groups -OCH3 is 4. The number of likely N-dealkylation sites (tertiary alicyclic amines) is 1. The maximum absolute atomic E-state index is 12.6. The van der Waals surface area contributed by atoms with E-state index in [-0.39, 0.29) is 18.4 Å². The van der Waals surface area contributed by atoms with Crippen LogP contribution in [0.4, 0.5) is 0 Å². The minimum atomic E-state index is -1.76. The van der Waals surface area contributed by atoms with Crippen LogP contribution >= 0.6 is 0 Å². The summed E-state index contributed by atoms with van der Waals surface area (Å²) in [6.07, 6.45) is -4.95. The Morgan fingerprint density at radius 2 is 1.66 bits per heavy atom. The number of aliphatic hydroxyl groups is 5. The monoisotopic (exact) mass is 499 g/mol. The highest BCUT2D eigenvalue weighted by molar-refractivity contribution is 5.39. The van der Waals surface area contributed by atoms with E-state index in [0.29, 0.717) is 26.1 Å². The molecule has 0 aromatic rings. The Morgan fingerprint density at radius 1 is 0.943 bits per heavy atom. The second-order valence-electron chi connectivity index (χ2n) is 12.1. The summed E-state index contributed by atoms with van der Waals surface area (Å²) in [6.45, 7) is 3.58. The fourth-order valence-corrected chi connectivity index (χ4v) is 11.0. The van der Waals surface area contributed by atoms with Crippen molar-refractivity contribution in [3.63, 3.8) is 0 Å². The van der Waals surface area contributed by atoms with Crippen molar-refractivity contribution in [1.82, 2.24) is 4.90 Å². The van der Waals surface area contributed by atoms with E-state index in [0.717, 1.165) is 0 Å². The third-order valence-corrected chi connectivity index (χ3v) is 11.7. The highest BCUT2D eigenvalue weighted by Crippen LogP contribution is 2.79. The lowest BCUT2D eigenvalue weighted by Gasteiger charge is -2.70. The van der Waals surface area contributed by atoms with Gasteiger partial charge in [0.05, 0.1) is 31.0 Å². The molecule has 0 aromatic carbocycles. The van der Waals surface area contributed by atoms with Crippen molar-refractivity contribution in [2.45, 2.75) is 73.6 Å². The predicted molar refractivity (Wildman–Crippen MR) is 121 cm³/mol. The van der Waals surface area contributed by atoms with E-state index in [1.54, 1.807) is 21.3 Å². The SMILES string of the molecule is CCN1C[C@]2(COC)[C@H](O)C[C@@H](OC)[C@]34C1[C@H]([C@H](OC)[C@H]23)[C@]1(O)[C@H]2[C@@H](O)[C@](O)(C[C@H]24)[C@@H](OC)[C@@H]1O. The highest BCUT2D eigenvalue weighted by Gasteiger charge is 2.90. The molecule has 6 fully saturated rings. The molecular formula is C25H41NO9. The van der Waals surface area contributed by atoms with Crippen LogP contribution in [0.2, 0.25) is 0 Å². The van der Waals surface area contributed by atoms with Gasteiger partial charge >= 0.3 is 0 Å². The second-order valence-corrected chi connectivity index (χ2v) is 12.1. The molecule has 1 unspecified atom stereocenters. The molecule has 10 heteroatoms. The van der Waals surface area contributed by atoms with Gasteiger partial charge in [-0.1, -0.05) is 6.92 Å². The van der Waals surface area contributed by atoms with Gasteiger partial charge in [-0.25, -0.2) is 0 Å². The zero-order valence-electron chi connectivity index (χ0n) is 21.2. The summed E-state index contributed by atoms with van der Waals surface area (Å²) in [5.41, 5.74) is -4.81. The van der Waals surface area contributed by atoms with Gasteiger partial charge in [0.25, 0.3) is 0 Å². The van der Waals surface area contributed by atoms with Crippen LogP contribution in [0, 0.1) is 34.5 Å². The normalized spacial score (nSPS) is 62.4. The first-order valence-corrected chi connectivity index (χ1v) is 12.9. The lowest BCUT2D eigenvalue weighted by molar-refractivity contribution is -0.320. The molecule has 5 saturated carbocycles. The first-order valence-electron chi connectivity index (χ1n) is 12.9. The van der Waals surface area contributed by atoms with Crippen molar-refractivity contribution in [2.24, 2.45) is 34.5 Å². The van der Waals surface area contributed by atoms with E-state index in [9.17, 15) is 25.5 Å². The van der Waals surface area contributed by atoms with Crippen LogP contribution in [0.25, 0.3) is 0 Å². The molecule has 1 saturated heterocycles. The highest BCUT2D eigenvalue weighted by atomic mass is 16.5. The predicted octanol–water partition coefficient (Wildman–Crippen LogP) is -1.79. The fraction of sp³-hybridized carbons (Fsp3) is 1.00. The Bertz CT molecular complexity index is 878. The summed E-state index contributed by atoms with van der Waals surface area (Å²) in [5.74, 6) is -2.04. The largest absolute Gasteiger partial charge is 0.392 e. The number of hydrogen-bond donors (Lipinski definition) is 5. The van der Waals surface area contributed by atoms with Crippen LogP contribution in [0.15, 0.2) is 0 Å². The molecule has 200 valence electrons. The maximum atomic E-state index is 12.6. The van der Waals surface area contributed by atoms with E-state index in [1.807, 2.05) is 0 Å². The second kappa shape index (κ2) is 7.59. The van der Waals surface area contributed by atoms with E-state index in [2.05, 4.69) is 11.8 Å². The molecule has 6 rings (SSSR count). The van der Waals surface area contributed by atoms with Crippen LogP contribution < -0.4 is 0 Å². The van der Waals surface area contributed by atoms with Gasteiger partial charge in [-0.3, -0.25) is 4.90 Å². The molecule has 0 aromatic heterocycles. The van der Waals surface area contributed by atoms with E-state index in [1.165, 1.54) is 7.11 Å². The Hall–Kier alpha value is -0.400. The molecule has 5 aliphatic carbocycles. The topological polar surface area (TPSA) is 141 Å². The Labute approximate surface area is 206 Å². The zero-order chi connectivity index (χ0) is 25.3. The van der Waals surface area contributed by atoms with Crippen molar-refractivity contribution in [3.05, 3.63) is 0 Å². The molecule has 6 aliphatic rings. The average Bonchev–Trinajstić information content (AvgIpc) is 3.19. The molecule has 35 heavy (non-hydrogen) atoms. The van der Waals surface area contributed by atoms with Crippen LogP contribution in [0.5, 0.6) is 0 Å². The number of rotatable bonds is 6. The maximum Gasteiger partial charge on any atom is 0.120 e. The summed E-state index contributed by atoms with van der Waals surface area (Å²) in [4.78, 5) is 2.29. The molecular weight excluding hydrogens is 458 g/mol. The third-order valence-electron chi connectivity index (χ3n) is 11.7. The molecule has 0 radical (unpaired) electrons. The van der Waals surface area contributed by atoms with Gasteiger partial charge in [0.1, 0.15) is 23.4 Å². The van der Waals surface area contributed by atoms with E-state index < -0.39 is 76.4 Å². The molecule has 10 nitrogen and oxygen atoms in total. The van der Waals surface area contributed by atoms with Crippen LogP contribution in [0.3, 0.4) is 0 Å². The van der Waals surface area contributed by atoms with Crippen molar-refractivity contribution in [2.75, 3.05) is 48.1 Å². The quantitative estimate of drug-likeness (QED) is 0.285. The van der Waals surface area contributed by atoms with Gasteiger partial charge in [-0.05, 0) is 18.9 Å². The number of fused-ring (bicyclic) bond motifs is 2.